The Kier molecular flexibility index (Phi) is 3.74. The molecule has 0 aromatic heterocycles. The first-order chi connectivity index (χ1) is 8.11. The van der Waals surface area contributed by atoms with Crippen molar-refractivity contribution in [3.63, 3.8) is 0 Å². The highest BCUT2D eigenvalue weighted by molar-refractivity contribution is 8.14. The second-order valence-electron chi connectivity index (χ2n) is 4.73. The number of hydrogen-bond donors (Lipinski definition) is 1. The second-order valence-corrected chi connectivity index (χ2v) is 5.70. The molecule has 0 spiro atoms. The van der Waals surface area contributed by atoms with E-state index in [4.69, 9.17) is 4.74 Å². The highest BCUT2D eigenvalue weighted by Crippen LogP contribution is 2.28. The smallest absolute Gasteiger partial charge is 0.161 e. The zero-order valence-electron chi connectivity index (χ0n) is 10.5. The molecule has 4 heteroatoms. The third-order valence-electron chi connectivity index (χ3n) is 2.53. The van der Waals surface area contributed by atoms with Gasteiger partial charge in [-0.05, 0) is 19.9 Å². The van der Waals surface area contributed by atoms with E-state index < -0.39 is 0 Å². The Bertz CT molecular complexity index is 429. The maximum atomic E-state index is 5.19. The quantitative estimate of drug-likeness (QED) is 0.895. The minimum absolute atomic E-state index is 0.0448. The van der Waals surface area contributed by atoms with E-state index in [2.05, 4.69) is 36.3 Å². The fourth-order valence-electron chi connectivity index (χ4n) is 1.69. The summed E-state index contributed by atoms with van der Waals surface area (Å²) < 4.78 is 5.19. The molecule has 1 aromatic rings. The number of para-hydroxylation sites is 1. The molecule has 0 bridgehead atoms. The van der Waals surface area contributed by atoms with Crippen molar-refractivity contribution in [1.82, 2.24) is 0 Å². The summed E-state index contributed by atoms with van der Waals surface area (Å²) in [5.74, 6) is 1.03. The molecule has 2 rings (SSSR count). The summed E-state index contributed by atoms with van der Waals surface area (Å²) in [6, 6.07) is 8.17. The standard InChI is InChI=1S/C13H18N2OS/c1-13(2)9-17-12(15-13)14-11-7-5-4-6-10(11)8-16-3/h4-7H,8-9H2,1-3H3,(H,14,15). The molecule has 0 saturated heterocycles. The van der Waals surface area contributed by atoms with Crippen LogP contribution in [0.1, 0.15) is 19.4 Å². The van der Waals surface area contributed by atoms with E-state index in [9.17, 15) is 0 Å². The van der Waals surface area contributed by atoms with Gasteiger partial charge in [-0.1, -0.05) is 30.0 Å². The van der Waals surface area contributed by atoms with E-state index in [1.165, 1.54) is 0 Å². The number of nitrogens with zero attached hydrogens (tertiary/aromatic N) is 1. The van der Waals surface area contributed by atoms with Crippen molar-refractivity contribution in [2.75, 3.05) is 18.2 Å². The van der Waals surface area contributed by atoms with Gasteiger partial charge in [0.15, 0.2) is 5.17 Å². The molecule has 0 unspecified atom stereocenters. The average Bonchev–Trinajstić information content (AvgIpc) is 2.61. The molecular formula is C13H18N2OS. The summed E-state index contributed by atoms with van der Waals surface area (Å²) in [6.07, 6.45) is 0. The van der Waals surface area contributed by atoms with Gasteiger partial charge in [0.05, 0.1) is 12.1 Å². The van der Waals surface area contributed by atoms with E-state index in [-0.39, 0.29) is 5.54 Å². The third kappa shape index (κ3) is 3.23. The van der Waals surface area contributed by atoms with E-state index in [1.807, 2.05) is 12.1 Å². The van der Waals surface area contributed by atoms with E-state index >= 15 is 0 Å². The van der Waals surface area contributed by atoms with Crippen molar-refractivity contribution in [1.29, 1.82) is 0 Å². The van der Waals surface area contributed by atoms with Gasteiger partial charge < -0.3 is 10.1 Å². The molecular weight excluding hydrogens is 232 g/mol. The van der Waals surface area contributed by atoms with Gasteiger partial charge in [0.25, 0.3) is 0 Å². The lowest BCUT2D eigenvalue weighted by atomic mass is 10.1. The molecule has 3 nitrogen and oxygen atoms in total. The van der Waals surface area contributed by atoms with Crippen molar-refractivity contribution < 1.29 is 4.74 Å². The van der Waals surface area contributed by atoms with Crippen molar-refractivity contribution in [3.8, 4) is 0 Å². The van der Waals surface area contributed by atoms with Crippen LogP contribution in [0.2, 0.25) is 0 Å². The lowest BCUT2D eigenvalue weighted by molar-refractivity contribution is 0.185. The van der Waals surface area contributed by atoms with Gasteiger partial charge in [0.2, 0.25) is 0 Å². The van der Waals surface area contributed by atoms with Crippen molar-refractivity contribution in [2.45, 2.75) is 26.0 Å². The molecule has 0 saturated carbocycles. The van der Waals surface area contributed by atoms with Crippen LogP contribution < -0.4 is 5.32 Å². The SMILES string of the molecule is COCc1ccccc1NC1=NC(C)(C)CS1. The molecule has 0 fully saturated rings. The van der Waals surface area contributed by atoms with Crippen LogP contribution in [0.15, 0.2) is 29.3 Å². The zero-order chi connectivity index (χ0) is 12.3. The molecule has 0 amide bonds. The molecule has 1 heterocycles. The Morgan fingerprint density at radius 1 is 1.41 bits per heavy atom. The van der Waals surface area contributed by atoms with Crippen LogP contribution in [0.3, 0.4) is 0 Å². The first-order valence-corrected chi connectivity index (χ1v) is 6.66. The number of hydrogen-bond acceptors (Lipinski definition) is 4. The molecule has 17 heavy (non-hydrogen) atoms. The van der Waals surface area contributed by atoms with Crippen molar-refractivity contribution >= 4 is 22.6 Å². The molecule has 0 aliphatic carbocycles. The van der Waals surface area contributed by atoms with Crippen LogP contribution in [0, 0.1) is 0 Å². The molecule has 1 N–H and O–H groups in total. The maximum Gasteiger partial charge on any atom is 0.161 e. The molecule has 0 atom stereocenters. The highest BCUT2D eigenvalue weighted by atomic mass is 32.2. The van der Waals surface area contributed by atoms with Gasteiger partial charge in [-0.15, -0.1) is 0 Å². The second kappa shape index (κ2) is 5.10. The summed E-state index contributed by atoms with van der Waals surface area (Å²) in [5, 5.41) is 4.38. The van der Waals surface area contributed by atoms with Gasteiger partial charge in [-0.3, -0.25) is 4.99 Å². The Hall–Kier alpha value is -1.000. The Morgan fingerprint density at radius 3 is 2.82 bits per heavy atom. The molecule has 92 valence electrons. The number of benzene rings is 1. The zero-order valence-corrected chi connectivity index (χ0v) is 11.3. The first-order valence-electron chi connectivity index (χ1n) is 5.67. The van der Waals surface area contributed by atoms with Crippen molar-refractivity contribution in [3.05, 3.63) is 29.8 Å². The normalized spacial score (nSPS) is 17.9. The minimum Gasteiger partial charge on any atom is -0.380 e. The van der Waals surface area contributed by atoms with Crippen LogP contribution in [-0.2, 0) is 11.3 Å². The molecule has 1 aliphatic rings. The summed E-state index contributed by atoms with van der Waals surface area (Å²) in [7, 11) is 1.71. The molecule has 1 aromatic carbocycles. The van der Waals surface area contributed by atoms with Gasteiger partial charge in [0, 0.05) is 24.1 Å². The third-order valence-corrected chi connectivity index (χ3v) is 3.84. The van der Waals surface area contributed by atoms with Crippen molar-refractivity contribution in [2.24, 2.45) is 4.99 Å². The first kappa shape index (κ1) is 12.5. The largest absolute Gasteiger partial charge is 0.380 e. The average molecular weight is 250 g/mol. The summed E-state index contributed by atoms with van der Waals surface area (Å²) in [5.41, 5.74) is 2.28. The van der Waals surface area contributed by atoms with Crippen LogP contribution >= 0.6 is 11.8 Å². The number of thioether (sulfide) groups is 1. The fourth-order valence-corrected chi connectivity index (χ4v) is 2.74. The number of nitrogens with one attached hydrogen (secondary N) is 1. The lowest BCUT2D eigenvalue weighted by Crippen LogP contribution is -2.15. The predicted octanol–water partition coefficient (Wildman–Crippen LogP) is 3.13. The number of aliphatic imine (C=N–C) groups is 1. The van der Waals surface area contributed by atoms with Crippen LogP contribution in [0.4, 0.5) is 5.69 Å². The monoisotopic (exact) mass is 250 g/mol. The number of amidine groups is 1. The van der Waals surface area contributed by atoms with Crippen LogP contribution in [0.25, 0.3) is 0 Å². The Morgan fingerprint density at radius 2 is 2.18 bits per heavy atom. The maximum absolute atomic E-state index is 5.19. The number of ether oxygens (including phenoxy) is 1. The van der Waals surface area contributed by atoms with Gasteiger partial charge in [-0.2, -0.15) is 0 Å². The van der Waals surface area contributed by atoms with Crippen LogP contribution in [0.5, 0.6) is 0 Å². The lowest BCUT2D eigenvalue weighted by Gasteiger charge is -2.11. The van der Waals surface area contributed by atoms with E-state index in [0.29, 0.717) is 6.61 Å². The number of methoxy groups -OCH3 is 1. The predicted molar refractivity (Wildman–Crippen MR) is 74.7 cm³/mol. The Balaban J connectivity index is 2.14. The van der Waals surface area contributed by atoms with Gasteiger partial charge >= 0.3 is 0 Å². The van der Waals surface area contributed by atoms with Gasteiger partial charge in [-0.25, -0.2) is 0 Å². The molecule has 0 radical (unpaired) electrons. The Labute approximate surface area is 107 Å². The van der Waals surface area contributed by atoms with E-state index in [1.54, 1.807) is 18.9 Å². The number of rotatable bonds is 3. The summed E-state index contributed by atoms with van der Waals surface area (Å²) >= 11 is 1.77. The van der Waals surface area contributed by atoms with Gasteiger partial charge in [0.1, 0.15) is 0 Å². The summed E-state index contributed by atoms with van der Waals surface area (Å²) in [4.78, 5) is 4.64. The summed E-state index contributed by atoms with van der Waals surface area (Å²) in [6.45, 7) is 4.91. The van der Waals surface area contributed by atoms with Crippen LogP contribution in [-0.4, -0.2) is 23.6 Å². The highest BCUT2D eigenvalue weighted by Gasteiger charge is 2.25. The van der Waals surface area contributed by atoms with E-state index in [0.717, 1.165) is 22.2 Å². The topological polar surface area (TPSA) is 33.6 Å². The fraction of sp³-hybridized carbons (Fsp3) is 0.462. The molecule has 1 aliphatic heterocycles. The number of anilines is 1. The minimum atomic E-state index is 0.0448.